The van der Waals surface area contributed by atoms with E-state index in [0.29, 0.717) is 29.3 Å². The van der Waals surface area contributed by atoms with Crippen LogP contribution in [-0.2, 0) is 4.74 Å². The number of rotatable bonds is 6. The van der Waals surface area contributed by atoms with Gasteiger partial charge in [0.25, 0.3) is 0 Å². The van der Waals surface area contributed by atoms with Crippen LogP contribution >= 0.6 is 0 Å². The van der Waals surface area contributed by atoms with Crippen LogP contribution in [0.15, 0.2) is 18.2 Å². The summed E-state index contributed by atoms with van der Waals surface area (Å²) in [5.74, 6) is 0.412. The minimum Gasteiger partial charge on any atom is -0.462 e. The van der Waals surface area contributed by atoms with Crippen molar-refractivity contribution in [2.24, 2.45) is 5.92 Å². The number of anilines is 1. The molecule has 1 aliphatic carbocycles. The summed E-state index contributed by atoms with van der Waals surface area (Å²) >= 11 is 0. The van der Waals surface area contributed by atoms with Crippen LogP contribution < -0.4 is 5.73 Å². The van der Waals surface area contributed by atoms with Crippen molar-refractivity contribution in [3.8, 4) is 5.69 Å². The van der Waals surface area contributed by atoms with E-state index in [-0.39, 0.29) is 23.8 Å². The van der Waals surface area contributed by atoms with Gasteiger partial charge in [0.05, 0.1) is 18.0 Å². The Morgan fingerprint density at radius 1 is 1.32 bits per heavy atom. The first-order valence-corrected chi connectivity index (χ1v) is 8.58. The van der Waals surface area contributed by atoms with Crippen LogP contribution in [0.25, 0.3) is 5.69 Å². The van der Waals surface area contributed by atoms with Crippen LogP contribution in [0.4, 0.5) is 5.82 Å². The molecule has 0 amide bonds. The van der Waals surface area contributed by atoms with Gasteiger partial charge >= 0.3 is 5.97 Å². The highest BCUT2D eigenvalue weighted by Crippen LogP contribution is 2.34. The monoisotopic (exact) mass is 341 g/mol. The van der Waals surface area contributed by atoms with E-state index in [4.69, 9.17) is 10.5 Å². The van der Waals surface area contributed by atoms with E-state index in [0.717, 1.165) is 18.4 Å². The molecule has 1 saturated carbocycles. The van der Waals surface area contributed by atoms with Crippen LogP contribution in [0.3, 0.4) is 0 Å². The topological polar surface area (TPSA) is 87.2 Å². The number of aryl methyl sites for hydroxylation is 2. The average Bonchev–Trinajstić information content (AvgIpc) is 3.32. The van der Waals surface area contributed by atoms with Crippen molar-refractivity contribution in [1.29, 1.82) is 0 Å². The third kappa shape index (κ3) is 3.43. The second-order valence-electron chi connectivity index (χ2n) is 6.55. The molecule has 1 aromatic heterocycles. The Balaban J connectivity index is 1.99. The van der Waals surface area contributed by atoms with Crippen LogP contribution in [0.2, 0.25) is 0 Å². The Hall–Kier alpha value is -2.63. The largest absolute Gasteiger partial charge is 0.462 e. The summed E-state index contributed by atoms with van der Waals surface area (Å²) < 4.78 is 6.57. The molecule has 0 aliphatic heterocycles. The van der Waals surface area contributed by atoms with Gasteiger partial charge < -0.3 is 10.5 Å². The number of hydrogen-bond acceptors (Lipinski definition) is 5. The zero-order chi connectivity index (χ0) is 18.1. The maximum atomic E-state index is 12.4. The van der Waals surface area contributed by atoms with Gasteiger partial charge in [-0.3, -0.25) is 4.79 Å². The SMILES string of the molecule is CCOC(=O)c1c(C)nn(-c2cc(C(=O)CC3CC3)ccc2C)c1N. The molecule has 0 radical (unpaired) electrons. The fourth-order valence-corrected chi connectivity index (χ4v) is 2.90. The number of nitrogens with two attached hydrogens (primary N) is 1. The van der Waals surface area contributed by atoms with Crippen molar-refractivity contribution in [3.63, 3.8) is 0 Å². The summed E-state index contributed by atoms with van der Waals surface area (Å²) in [6, 6.07) is 5.52. The smallest absolute Gasteiger partial charge is 0.343 e. The predicted molar refractivity (Wildman–Crippen MR) is 95.1 cm³/mol. The van der Waals surface area contributed by atoms with E-state index in [1.807, 2.05) is 19.1 Å². The fraction of sp³-hybridized carbons (Fsp3) is 0.421. The zero-order valence-corrected chi connectivity index (χ0v) is 14.8. The number of hydrogen-bond donors (Lipinski definition) is 1. The second-order valence-corrected chi connectivity index (χ2v) is 6.55. The fourth-order valence-electron chi connectivity index (χ4n) is 2.90. The minimum atomic E-state index is -0.484. The van der Waals surface area contributed by atoms with Gasteiger partial charge in [0, 0.05) is 12.0 Å². The van der Waals surface area contributed by atoms with E-state index < -0.39 is 5.97 Å². The van der Waals surface area contributed by atoms with Gasteiger partial charge in [-0.1, -0.05) is 12.1 Å². The summed E-state index contributed by atoms with van der Waals surface area (Å²) in [4.78, 5) is 24.5. The molecule has 0 saturated heterocycles. The average molecular weight is 341 g/mol. The molecular weight excluding hydrogens is 318 g/mol. The number of benzene rings is 1. The van der Waals surface area contributed by atoms with Crippen molar-refractivity contribution in [2.75, 3.05) is 12.3 Å². The summed E-state index contributed by atoms with van der Waals surface area (Å²) in [6.07, 6.45) is 2.86. The molecule has 1 aliphatic rings. The highest BCUT2D eigenvalue weighted by atomic mass is 16.5. The molecule has 0 atom stereocenters. The van der Waals surface area contributed by atoms with Gasteiger partial charge in [-0.25, -0.2) is 9.48 Å². The van der Waals surface area contributed by atoms with Crippen molar-refractivity contribution in [2.45, 2.75) is 40.0 Å². The summed E-state index contributed by atoms with van der Waals surface area (Å²) in [5.41, 5.74) is 9.23. The molecule has 1 aromatic carbocycles. The van der Waals surface area contributed by atoms with Crippen molar-refractivity contribution in [3.05, 3.63) is 40.6 Å². The molecule has 2 N–H and O–H groups in total. The lowest BCUT2D eigenvalue weighted by Crippen LogP contribution is -2.10. The summed E-state index contributed by atoms with van der Waals surface area (Å²) in [7, 11) is 0. The third-order valence-electron chi connectivity index (χ3n) is 4.51. The van der Waals surface area contributed by atoms with E-state index in [1.54, 1.807) is 19.9 Å². The molecule has 6 nitrogen and oxygen atoms in total. The molecule has 0 spiro atoms. The summed E-state index contributed by atoms with van der Waals surface area (Å²) in [6.45, 7) is 5.65. The van der Waals surface area contributed by atoms with Gasteiger partial charge in [-0.05, 0) is 51.2 Å². The molecule has 0 unspecified atom stereocenters. The number of carbonyl (C=O) groups excluding carboxylic acids is 2. The minimum absolute atomic E-state index is 0.136. The van der Waals surface area contributed by atoms with Crippen LogP contribution in [0.1, 0.15) is 58.2 Å². The van der Waals surface area contributed by atoms with Crippen molar-refractivity contribution >= 4 is 17.6 Å². The highest BCUT2D eigenvalue weighted by Gasteiger charge is 2.26. The maximum absolute atomic E-state index is 12.4. The van der Waals surface area contributed by atoms with E-state index >= 15 is 0 Å². The predicted octanol–water partition coefficient (Wildman–Crippen LogP) is 3.23. The van der Waals surface area contributed by atoms with E-state index in [9.17, 15) is 9.59 Å². The number of ketones is 1. The Morgan fingerprint density at radius 3 is 2.68 bits per heavy atom. The lowest BCUT2D eigenvalue weighted by atomic mass is 10.0. The Morgan fingerprint density at radius 2 is 2.04 bits per heavy atom. The molecule has 1 fully saturated rings. The molecule has 3 rings (SSSR count). The number of aromatic nitrogens is 2. The quantitative estimate of drug-likeness (QED) is 0.644. The van der Waals surface area contributed by atoms with Crippen molar-refractivity contribution < 1.29 is 14.3 Å². The number of ether oxygens (including phenoxy) is 1. The van der Waals surface area contributed by atoms with Gasteiger partial charge in [0.15, 0.2) is 5.78 Å². The van der Waals surface area contributed by atoms with Gasteiger partial charge in [-0.15, -0.1) is 0 Å². The normalized spacial score (nSPS) is 13.7. The summed E-state index contributed by atoms with van der Waals surface area (Å²) in [5, 5.41) is 4.40. The number of Topliss-reactive ketones (excluding diaryl/α,β-unsaturated/α-hetero) is 1. The maximum Gasteiger partial charge on any atom is 0.343 e. The van der Waals surface area contributed by atoms with Gasteiger partial charge in [0.1, 0.15) is 11.4 Å². The van der Waals surface area contributed by atoms with Crippen LogP contribution in [-0.4, -0.2) is 28.1 Å². The number of nitrogens with zero attached hydrogens (tertiary/aromatic N) is 2. The number of carbonyl (C=O) groups is 2. The molecule has 0 bridgehead atoms. The van der Waals surface area contributed by atoms with Crippen LogP contribution in [0.5, 0.6) is 0 Å². The first kappa shape index (κ1) is 17.2. The van der Waals surface area contributed by atoms with Crippen molar-refractivity contribution in [1.82, 2.24) is 9.78 Å². The molecular formula is C19H23N3O3. The molecule has 6 heteroatoms. The first-order chi connectivity index (χ1) is 11.9. The Kier molecular flexibility index (Phi) is 4.61. The lowest BCUT2D eigenvalue weighted by Gasteiger charge is -2.10. The molecule has 1 heterocycles. The van der Waals surface area contributed by atoms with E-state index in [2.05, 4.69) is 5.10 Å². The standard InChI is InChI=1S/C19H23N3O3/c1-4-25-19(24)17-12(3)21-22(18(17)20)15-10-14(8-5-11(15)2)16(23)9-13-6-7-13/h5,8,10,13H,4,6-7,9,20H2,1-3H3. The Labute approximate surface area is 147 Å². The molecule has 2 aromatic rings. The van der Waals surface area contributed by atoms with Gasteiger partial charge in [-0.2, -0.15) is 5.10 Å². The molecule has 132 valence electrons. The first-order valence-electron chi connectivity index (χ1n) is 8.58. The van der Waals surface area contributed by atoms with Crippen LogP contribution in [0, 0.1) is 19.8 Å². The second kappa shape index (κ2) is 6.70. The highest BCUT2D eigenvalue weighted by molar-refractivity contribution is 5.98. The molecule has 25 heavy (non-hydrogen) atoms. The number of nitrogen functional groups attached to an aromatic ring is 1. The third-order valence-corrected chi connectivity index (χ3v) is 4.51. The van der Waals surface area contributed by atoms with E-state index in [1.165, 1.54) is 4.68 Å². The van der Waals surface area contributed by atoms with Gasteiger partial charge in [0.2, 0.25) is 0 Å². The lowest BCUT2D eigenvalue weighted by molar-refractivity contribution is 0.0526. The zero-order valence-electron chi connectivity index (χ0n) is 14.8. The number of esters is 1. The Bertz CT molecular complexity index is 835.